The van der Waals surface area contributed by atoms with Crippen LogP contribution >= 0.6 is 0 Å². The van der Waals surface area contributed by atoms with Gasteiger partial charge < -0.3 is 20.1 Å². The van der Waals surface area contributed by atoms with Crippen LogP contribution in [-0.4, -0.2) is 105 Å². The second-order valence-electron chi connectivity index (χ2n) is 8.03. The predicted octanol–water partition coefficient (Wildman–Crippen LogP) is 1.07. The molecule has 11 heteroatoms. The zero-order valence-electron chi connectivity index (χ0n) is 18.5. The molecule has 0 aliphatic carbocycles. The van der Waals surface area contributed by atoms with Crippen molar-refractivity contribution in [3.05, 3.63) is 23.8 Å². The fourth-order valence-electron chi connectivity index (χ4n) is 4.14. The molecule has 2 N–H and O–H groups in total. The Hall–Kier alpha value is -1.79. The molecular formula is C21H33FN4O5S. The standard InChI is InChI=1S/C21H33FN4O5S/c1-2-14-31-19-5-4-17(15-18(19)21(27)28)32(29,30)26-9-7-23-16-20(26)25-12-10-24(11-13-25)8-3-6-22/h4-5,15,20,23H,2-3,6-14,16H2,1H3,(H,27,28). The van der Waals surface area contributed by atoms with E-state index in [1.807, 2.05) is 6.92 Å². The fourth-order valence-corrected chi connectivity index (χ4v) is 5.78. The van der Waals surface area contributed by atoms with E-state index < -0.39 is 16.0 Å². The number of rotatable bonds is 10. The van der Waals surface area contributed by atoms with Gasteiger partial charge in [0.15, 0.2) is 0 Å². The third kappa shape index (κ3) is 5.76. The maximum absolute atomic E-state index is 13.5. The lowest BCUT2D eigenvalue weighted by atomic mass is 10.2. The summed E-state index contributed by atoms with van der Waals surface area (Å²) in [5.41, 5.74) is -0.160. The van der Waals surface area contributed by atoms with Crippen LogP contribution in [-0.2, 0) is 10.0 Å². The summed E-state index contributed by atoms with van der Waals surface area (Å²) in [5.74, 6) is -1.06. The monoisotopic (exact) mass is 472 g/mol. The molecule has 2 aliphatic rings. The van der Waals surface area contributed by atoms with Crippen LogP contribution in [0.15, 0.2) is 23.1 Å². The van der Waals surface area contributed by atoms with E-state index in [2.05, 4.69) is 15.1 Å². The van der Waals surface area contributed by atoms with Crippen molar-refractivity contribution in [2.24, 2.45) is 0 Å². The number of carboxylic acid groups (broad SMARTS) is 1. The van der Waals surface area contributed by atoms with E-state index in [1.165, 1.54) is 22.5 Å². The van der Waals surface area contributed by atoms with E-state index in [9.17, 15) is 22.7 Å². The molecule has 0 aromatic heterocycles. The number of sulfonamides is 1. The minimum atomic E-state index is -3.91. The van der Waals surface area contributed by atoms with Gasteiger partial charge >= 0.3 is 5.97 Å². The number of aromatic carboxylic acids is 1. The van der Waals surface area contributed by atoms with E-state index >= 15 is 0 Å². The maximum Gasteiger partial charge on any atom is 0.339 e. The SMILES string of the molecule is CCCOc1ccc(S(=O)(=O)N2CCNCC2N2CCN(CCCF)CC2)cc1C(=O)O. The molecule has 1 aromatic rings. The number of halogens is 1. The van der Waals surface area contributed by atoms with Crippen molar-refractivity contribution in [1.82, 2.24) is 19.4 Å². The Kier molecular flexibility index (Phi) is 8.83. The fraction of sp³-hybridized carbons (Fsp3) is 0.667. The number of hydrogen-bond acceptors (Lipinski definition) is 7. The lowest BCUT2D eigenvalue weighted by Gasteiger charge is -2.45. The molecule has 32 heavy (non-hydrogen) atoms. The molecule has 0 radical (unpaired) electrons. The number of nitrogens with one attached hydrogen (secondary N) is 1. The van der Waals surface area contributed by atoms with Gasteiger partial charge in [-0.25, -0.2) is 13.2 Å². The lowest BCUT2D eigenvalue weighted by Crippen LogP contribution is -2.63. The highest BCUT2D eigenvalue weighted by Gasteiger charge is 2.38. The summed E-state index contributed by atoms with van der Waals surface area (Å²) in [7, 11) is -3.91. The smallest absolute Gasteiger partial charge is 0.339 e. The number of nitrogens with zero attached hydrogens (tertiary/aromatic N) is 3. The van der Waals surface area contributed by atoms with Crippen molar-refractivity contribution < 1.29 is 27.4 Å². The average Bonchev–Trinajstić information content (AvgIpc) is 2.81. The first-order valence-electron chi connectivity index (χ1n) is 11.1. The summed E-state index contributed by atoms with van der Waals surface area (Å²) >= 11 is 0. The van der Waals surface area contributed by atoms with Crippen molar-refractivity contribution in [2.75, 3.05) is 65.6 Å². The van der Waals surface area contributed by atoms with E-state index in [0.29, 0.717) is 58.7 Å². The molecule has 0 spiro atoms. The van der Waals surface area contributed by atoms with E-state index in [4.69, 9.17) is 4.74 Å². The Morgan fingerprint density at radius 2 is 2.00 bits per heavy atom. The summed E-state index contributed by atoms with van der Waals surface area (Å²) in [6.07, 6.45) is 0.860. The van der Waals surface area contributed by atoms with Gasteiger partial charge in [0.1, 0.15) is 11.3 Å². The molecule has 1 aromatic carbocycles. The zero-order valence-corrected chi connectivity index (χ0v) is 19.3. The largest absolute Gasteiger partial charge is 0.493 e. The van der Waals surface area contributed by atoms with Gasteiger partial charge in [-0.05, 0) is 31.0 Å². The first-order valence-corrected chi connectivity index (χ1v) is 12.6. The van der Waals surface area contributed by atoms with Gasteiger partial charge in [0.05, 0.1) is 24.3 Å². The van der Waals surface area contributed by atoms with Crippen molar-refractivity contribution in [2.45, 2.75) is 30.8 Å². The lowest BCUT2D eigenvalue weighted by molar-refractivity contribution is 0.0337. The third-order valence-corrected chi connectivity index (χ3v) is 7.75. The Morgan fingerprint density at radius 3 is 2.66 bits per heavy atom. The Bertz CT molecular complexity index is 877. The van der Waals surface area contributed by atoms with Crippen molar-refractivity contribution in [3.63, 3.8) is 0 Å². The Balaban J connectivity index is 1.80. The minimum absolute atomic E-state index is 0.0489. The second kappa shape index (κ2) is 11.4. The molecule has 2 saturated heterocycles. The number of alkyl halides is 1. The van der Waals surface area contributed by atoms with Crippen LogP contribution in [0.1, 0.15) is 30.1 Å². The molecular weight excluding hydrogens is 439 g/mol. The van der Waals surface area contributed by atoms with E-state index in [-0.39, 0.29) is 29.0 Å². The number of benzene rings is 1. The summed E-state index contributed by atoms with van der Waals surface area (Å²) in [6, 6.07) is 4.03. The molecule has 3 rings (SSSR count). The first kappa shape index (κ1) is 24.8. The van der Waals surface area contributed by atoms with Gasteiger partial charge in [-0.15, -0.1) is 0 Å². The predicted molar refractivity (Wildman–Crippen MR) is 118 cm³/mol. The number of ether oxygens (including phenoxy) is 1. The number of piperazine rings is 2. The van der Waals surface area contributed by atoms with Crippen LogP contribution in [0.4, 0.5) is 4.39 Å². The summed E-state index contributed by atoms with van der Waals surface area (Å²) in [5, 5.41) is 12.8. The third-order valence-electron chi connectivity index (χ3n) is 5.85. The van der Waals surface area contributed by atoms with Crippen LogP contribution in [0.25, 0.3) is 0 Å². The van der Waals surface area contributed by atoms with Crippen LogP contribution in [0.3, 0.4) is 0 Å². The summed E-state index contributed by atoms with van der Waals surface area (Å²) in [6.45, 7) is 6.85. The number of carboxylic acids is 1. The van der Waals surface area contributed by atoms with Crippen LogP contribution in [0, 0.1) is 0 Å². The van der Waals surface area contributed by atoms with Gasteiger partial charge in [0.2, 0.25) is 10.0 Å². The quantitative estimate of drug-likeness (QED) is 0.522. The molecule has 0 amide bonds. The van der Waals surface area contributed by atoms with Gasteiger partial charge in [0.25, 0.3) is 0 Å². The summed E-state index contributed by atoms with van der Waals surface area (Å²) < 4.78 is 46.5. The Labute approximate surface area is 189 Å². The van der Waals surface area contributed by atoms with Gasteiger partial charge in [-0.3, -0.25) is 9.29 Å². The number of hydrogen-bond donors (Lipinski definition) is 2. The van der Waals surface area contributed by atoms with E-state index in [1.54, 1.807) is 0 Å². The van der Waals surface area contributed by atoms with Gasteiger partial charge in [0, 0.05) is 52.4 Å². The van der Waals surface area contributed by atoms with Crippen LogP contribution in [0.2, 0.25) is 0 Å². The van der Waals surface area contributed by atoms with Gasteiger partial charge in [-0.1, -0.05) is 6.92 Å². The van der Waals surface area contributed by atoms with Crippen molar-refractivity contribution in [3.8, 4) is 5.75 Å². The number of carbonyl (C=O) groups is 1. The first-order chi connectivity index (χ1) is 15.4. The van der Waals surface area contributed by atoms with Crippen LogP contribution < -0.4 is 10.1 Å². The van der Waals surface area contributed by atoms with Crippen LogP contribution in [0.5, 0.6) is 5.75 Å². The second-order valence-corrected chi connectivity index (χ2v) is 9.92. The average molecular weight is 473 g/mol. The van der Waals surface area contributed by atoms with Gasteiger partial charge in [-0.2, -0.15) is 4.31 Å². The molecule has 2 aliphatic heterocycles. The molecule has 2 heterocycles. The molecule has 180 valence electrons. The zero-order chi connectivity index (χ0) is 23.1. The highest BCUT2D eigenvalue weighted by Crippen LogP contribution is 2.27. The normalized spacial score (nSPS) is 21.5. The van der Waals surface area contributed by atoms with Crippen molar-refractivity contribution >= 4 is 16.0 Å². The highest BCUT2D eigenvalue weighted by atomic mass is 32.2. The van der Waals surface area contributed by atoms with Crippen molar-refractivity contribution in [1.29, 1.82) is 0 Å². The highest BCUT2D eigenvalue weighted by molar-refractivity contribution is 7.89. The van der Waals surface area contributed by atoms with E-state index in [0.717, 1.165) is 13.1 Å². The summed E-state index contributed by atoms with van der Waals surface area (Å²) in [4.78, 5) is 16.0. The molecule has 2 fully saturated rings. The maximum atomic E-state index is 13.5. The molecule has 0 saturated carbocycles. The molecule has 1 unspecified atom stereocenters. The topological polar surface area (TPSA) is 102 Å². The molecule has 1 atom stereocenters. The molecule has 0 bridgehead atoms. The molecule has 9 nitrogen and oxygen atoms in total. The Morgan fingerprint density at radius 1 is 1.25 bits per heavy atom. The minimum Gasteiger partial charge on any atom is -0.493 e.